The maximum absolute atomic E-state index is 12.7. The second-order valence-corrected chi connectivity index (χ2v) is 8.48. The van der Waals surface area contributed by atoms with Gasteiger partial charge in [-0.15, -0.1) is 0 Å². The number of benzene rings is 2. The van der Waals surface area contributed by atoms with Gasteiger partial charge in [0.2, 0.25) is 0 Å². The summed E-state index contributed by atoms with van der Waals surface area (Å²) in [6, 6.07) is 21.3. The Morgan fingerprint density at radius 3 is 2.46 bits per heavy atom. The molecule has 26 heavy (non-hydrogen) atoms. The molecule has 2 aromatic carbocycles. The SMILES string of the molecule is O=C1C(=Cc2ccc(-c3ccc(I)cc3)o2)SC(=S)N1c1ccccc1. The fraction of sp³-hybridized carbons (Fsp3) is 0. The van der Waals surface area contributed by atoms with Gasteiger partial charge in [0.15, 0.2) is 4.32 Å². The second kappa shape index (κ2) is 7.38. The number of para-hydroxylation sites is 1. The third-order valence-corrected chi connectivity index (χ3v) is 5.86. The molecule has 2 heterocycles. The number of carbonyl (C=O) groups excluding carboxylic acids is 1. The highest BCUT2D eigenvalue weighted by Crippen LogP contribution is 2.36. The van der Waals surface area contributed by atoms with Gasteiger partial charge < -0.3 is 4.42 Å². The first-order valence-electron chi connectivity index (χ1n) is 7.80. The summed E-state index contributed by atoms with van der Waals surface area (Å²) in [4.78, 5) is 14.8. The van der Waals surface area contributed by atoms with Gasteiger partial charge in [-0.3, -0.25) is 9.69 Å². The zero-order valence-corrected chi connectivity index (χ0v) is 17.2. The molecule has 1 aliphatic heterocycles. The van der Waals surface area contributed by atoms with E-state index in [1.165, 1.54) is 15.3 Å². The van der Waals surface area contributed by atoms with Crippen LogP contribution in [-0.4, -0.2) is 10.2 Å². The number of rotatable bonds is 3. The Morgan fingerprint density at radius 2 is 1.73 bits per heavy atom. The van der Waals surface area contributed by atoms with Gasteiger partial charge in [0, 0.05) is 15.2 Å². The summed E-state index contributed by atoms with van der Waals surface area (Å²) < 4.78 is 7.58. The highest BCUT2D eigenvalue weighted by molar-refractivity contribution is 14.1. The minimum Gasteiger partial charge on any atom is -0.457 e. The van der Waals surface area contributed by atoms with Crippen molar-refractivity contribution < 1.29 is 9.21 Å². The average molecular weight is 489 g/mol. The van der Waals surface area contributed by atoms with Crippen LogP contribution in [0.4, 0.5) is 5.69 Å². The first-order chi connectivity index (χ1) is 12.6. The molecule has 6 heteroatoms. The van der Waals surface area contributed by atoms with E-state index in [0.717, 1.165) is 17.0 Å². The fourth-order valence-corrected chi connectivity index (χ4v) is 4.23. The third-order valence-electron chi connectivity index (χ3n) is 3.84. The van der Waals surface area contributed by atoms with Crippen molar-refractivity contribution in [3.05, 3.63) is 81.0 Å². The minimum absolute atomic E-state index is 0.126. The van der Waals surface area contributed by atoms with Crippen LogP contribution in [0.25, 0.3) is 17.4 Å². The van der Waals surface area contributed by atoms with Gasteiger partial charge in [-0.2, -0.15) is 0 Å². The number of anilines is 1. The van der Waals surface area contributed by atoms with Crippen molar-refractivity contribution in [2.75, 3.05) is 4.90 Å². The highest BCUT2D eigenvalue weighted by atomic mass is 127. The summed E-state index contributed by atoms with van der Waals surface area (Å²) in [5.74, 6) is 1.27. The molecule has 0 spiro atoms. The van der Waals surface area contributed by atoms with Crippen LogP contribution in [0.15, 0.2) is 76.1 Å². The molecular weight excluding hydrogens is 477 g/mol. The molecule has 1 aliphatic rings. The number of thioether (sulfide) groups is 1. The van der Waals surface area contributed by atoms with Crippen LogP contribution in [0.3, 0.4) is 0 Å². The summed E-state index contributed by atoms with van der Waals surface area (Å²) in [7, 11) is 0. The van der Waals surface area contributed by atoms with E-state index >= 15 is 0 Å². The average Bonchev–Trinajstić information content (AvgIpc) is 3.21. The number of amides is 1. The first-order valence-corrected chi connectivity index (χ1v) is 10.1. The van der Waals surface area contributed by atoms with Crippen LogP contribution < -0.4 is 4.90 Å². The van der Waals surface area contributed by atoms with Crippen LogP contribution in [0.2, 0.25) is 0 Å². The third kappa shape index (κ3) is 3.49. The first kappa shape index (κ1) is 17.5. The predicted octanol–water partition coefficient (Wildman–Crippen LogP) is 5.96. The predicted molar refractivity (Wildman–Crippen MR) is 119 cm³/mol. The van der Waals surface area contributed by atoms with Crippen molar-refractivity contribution in [1.82, 2.24) is 0 Å². The Labute approximate surface area is 174 Å². The van der Waals surface area contributed by atoms with Gasteiger partial charge in [0.25, 0.3) is 5.91 Å². The van der Waals surface area contributed by atoms with Crippen molar-refractivity contribution in [3.63, 3.8) is 0 Å². The lowest BCUT2D eigenvalue weighted by atomic mass is 10.2. The van der Waals surface area contributed by atoms with Crippen molar-refractivity contribution in [2.24, 2.45) is 0 Å². The molecule has 0 radical (unpaired) electrons. The lowest BCUT2D eigenvalue weighted by molar-refractivity contribution is -0.113. The topological polar surface area (TPSA) is 33.5 Å². The zero-order valence-electron chi connectivity index (χ0n) is 13.4. The van der Waals surface area contributed by atoms with Crippen LogP contribution in [0, 0.1) is 3.57 Å². The standard InChI is InChI=1S/C20H12INO2S2/c21-14-8-6-13(7-9-14)17-11-10-16(24-17)12-18-19(23)22(20(25)26-18)15-4-2-1-3-5-15/h1-12H. The van der Waals surface area contributed by atoms with E-state index in [2.05, 4.69) is 22.6 Å². The Balaban J connectivity index is 1.60. The molecule has 4 rings (SSSR count). The number of carbonyl (C=O) groups is 1. The lowest BCUT2D eigenvalue weighted by Crippen LogP contribution is -2.27. The summed E-state index contributed by atoms with van der Waals surface area (Å²) in [6.45, 7) is 0. The van der Waals surface area contributed by atoms with E-state index in [9.17, 15) is 4.79 Å². The van der Waals surface area contributed by atoms with Gasteiger partial charge in [0.1, 0.15) is 11.5 Å². The Bertz CT molecular complexity index is 1010. The van der Waals surface area contributed by atoms with E-state index in [4.69, 9.17) is 16.6 Å². The highest BCUT2D eigenvalue weighted by Gasteiger charge is 2.33. The molecular formula is C20H12INO2S2. The number of nitrogens with zero attached hydrogens (tertiary/aromatic N) is 1. The molecule has 0 aliphatic carbocycles. The number of furan rings is 1. The maximum atomic E-state index is 12.7. The maximum Gasteiger partial charge on any atom is 0.270 e. The fourth-order valence-electron chi connectivity index (χ4n) is 2.60. The molecule has 3 nitrogen and oxygen atoms in total. The summed E-state index contributed by atoms with van der Waals surface area (Å²) in [5, 5.41) is 0. The van der Waals surface area contributed by atoms with Crippen LogP contribution >= 0.6 is 46.6 Å². The van der Waals surface area contributed by atoms with Crippen LogP contribution in [-0.2, 0) is 4.79 Å². The molecule has 1 aromatic heterocycles. The van der Waals surface area contributed by atoms with Crippen molar-refractivity contribution in [3.8, 4) is 11.3 Å². The van der Waals surface area contributed by atoms with E-state index in [0.29, 0.717) is 15.0 Å². The number of thiocarbonyl (C=S) groups is 1. The molecule has 0 saturated carbocycles. The summed E-state index contributed by atoms with van der Waals surface area (Å²) in [6.07, 6.45) is 1.75. The molecule has 1 fully saturated rings. The van der Waals surface area contributed by atoms with Crippen LogP contribution in [0.5, 0.6) is 0 Å². The molecule has 0 bridgehead atoms. The van der Waals surface area contributed by atoms with E-state index in [1.807, 2.05) is 66.7 Å². The largest absolute Gasteiger partial charge is 0.457 e. The molecule has 1 amide bonds. The number of hydrogen-bond acceptors (Lipinski definition) is 4. The zero-order chi connectivity index (χ0) is 18.1. The minimum atomic E-state index is -0.126. The molecule has 0 atom stereocenters. The lowest BCUT2D eigenvalue weighted by Gasteiger charge is -2.13. The van der Waals surface area contributed by atoms with E-state index < -0.39 is 0 Å². The van der Waals surface area contributed by atoms with Gasteiger partial charge in [-0.25, -0.2) is 0 Å². The van der Waals surface area contributed by atoms with Crippen molar-refractivity contribution in [2.45, 2.75) is 0 Å². The van der Waals surface area contributed by atoms with Gasteiger partial charge in [0.05, 0.1) is 10.6 Å². The molecule has 0 N–H and O–H groups in total. The quantitative estimate of drug-likeness (QED) is 0.259. The Hall–Kier alpha value is -1.90. The van der Waals surface area contributed by atoms with E-state index in [-0.39, 0.29) is 5.91 Å². The smallest absolute Gasteiger partial charge is 0.270 e. The van der Waals surface area contributed by atoms with Gasteiger partial charge >= 0.3 is 0 Å². The molecule has 0 unspecified atom stereocenters. The van der Waals surface area contributed by atoms with E-state index in [1.54, 1.807) is 11.0 Å². The Morgan fingerprint density at radius 1 is 1.00 bits per heavy atom. The molecule has 1 saturated heterocycles. The normalized spacial score (nSPS) is 15.9. The monoisotopic (exact) mass is 489 g/mol. The van der Waals surface area contributed by atoms with Gasteiger partial charge in [-0.1, -0.05) is 54.3 Å². The number of hydrogen-bond donors (Lipinski definition) is 0. The Kier molecular flexibility index (Phi) is 4.97. The molecule has 3 aromatic rings. The second-order valence-electron chi connectivity index (χ2n) is 5.56. The van der Waals surface area contributed by atoms with Crippen LogP contribution in [0.1, 0.15) is 5.76 Å². The summed E-state index contributed by atoms with van der Waals surface area (Å²) in [5.41, 5.74) is 1.78. The van der Waals surface area contributed by atoms with Gasteiger partial charge in [-0.05, 0) is 59.0 Å². The van der Waals surface area contributed by atoms with Crippen molar-refractivity contribution in [1.29, 1.82) is 0 Å². The van der Waals surface area contributed by atoms with Crippen molar-refractivity contribution >= 4 is 68.6 Å². The number of halogens is 1. The summed E-state index contributed by atoms with van der Waals surface area (Å²) >= 11 is 8.94. The molecule has 128 valence electrons.